The van der Waals surface area contributed by atoms with Crippen LogP contribution < -0.4 is 0 Å². The molecule has 0 aromatic heterocycles. The molecule has 17 heavy (non-hydrogen) atoms. The molecule has 1 aliphatic heterocycles. The highest BCUT2D eigenvalue weighted by Crippen LogP contribution is 2.12. The Balaban J connectivity index is 1.84. The van der Waals surface area contributed by atoms with Crippen LogP contribution in [0.4, 0.5) is 0 Å². The van der Waals surface area contributed by atoms with Gasteiger partial charge in [-0.1, -0.05) is 0 Å². The molecule has 0 spiro atoms. The van der Waals surface area contributed by atoms with Gasteiger partial charge in [-0.15, -0.1) is 0 Å². The molecule has 1 heterocycles. The Bertz CT molecular complexity index is 170. The topological polar surface area (TPSA) is 57.2 Å². The molecule has 5 nitrogen and oxygen atoms in total. The van der Waals surface area contributed by atoms with Crippen LogP contribution in [0.5, 0.6) is 0 Å². The highest BCUT2D eigenvalue weighted by molar-refractivity contribution is 4.63. The summed E-state index contributed by atoms with van der Waals surface area (Å²) in [6.07, 6.45) is 2.58. The molecule has 5 heteroatoms. The average Bonchev–Trinajstić information content (AvgIpc) is 2.82. The van der Waals surface area contributed by atoms with E-state index in [2.05, 4.69) is 0 Å². The molecule has 1 N–H and O–H groups in total. The Morgan fingerprint density at radius 3 is 2.88 bits per heavy atom. The lowest BCUT2D eigenvalue weighted by atomic mass is 10.2. The number of hydrogen-bond donors (Lipinski definition) is 1. The Morgan fingerprint density at radius 1 is 1.29 bits per heavy atom. The highest BCUT2D eigenvalue weighted by atomic mass is 16.6. The lowest BCUT2D eigenvalue weighted by molar-refractivity contribution is -0.0510. The lowest BCUT2D eigenvalue weighted by Crippen LogP contribution is -2.22. The van der Waals surface area contributed by atoms with Crippen LogP contribution in [0.2, 0.25) is 0 Å². The molecule has 0 aromatic rings. The summed E-state index contributed by atoms with van der Waals surface area (Å²) in [6.45, 7) is 5.55. The van der Waals surface area contributed by atoms with Gasteiger partial charge < -0.3 is 24.1 Å². The maximum absolute atomic E-state index is 8.50. The fourth-order valence-electron chi connectivity index (χ4n) is 1.66. The molecule has 2 atom stereocenters. The van der Waals surface area contributed by atoms with E-state index >= 15 is 0 Å². The lowest BCUT2D eigenvalue weighted by Gasteiger charge is -2.15. The number of hydrogen-bond acceptors (Lipinski definition) is 5. The van der Waals surface area contributed by atoms with E-state index < -0.39 is 0 Å². The van der Waals surface area contributed by atoms with Crippen LogP contribution >= 0.6 is 0 Å². The monoisotopic (exact) mass is 248 g/mol. The first kappa shape index (κ1) is 14.9. The van der Waals surface area contributed by atoms with Gasteiger partial charge in [-0.3, -0.25) is 0 Å². The molecule has 0 saturated carbocycles. The Kier molecular flexibility index (Phi) is 8.56. The zero-order valence-corrected chi connectivity index (χ0v) is 10.6. The Morgan fingerprint density at radius 2 is 2.18 bits per heavy atom. The van der Waals surface area contributed by atoms with Crippen molar-refractivity contribution in [2.45, 2.75) is 32.0 Å². The van der Waals surface area contributed by atoms with Crippen molar-refractivity contribution < 1.29 is 24.1 Å². The summed E-state index contributed by atoms with van der Waals surface area (Å²) in [6, 6.07) is 0. The zero-order valence-electron chi connectivity index (χ0n) is 10.6. The first-order valence-corrected chi connectivity index (χ1v) is 6.32. The predicted octanol–water partition coefficient (Wildman–Crippen LogP) is 0.596. The van der Waals surface area contributed by atoms with Gasteiger partial charge in [0.25, 0.3) is 0 Å². The molecule has 0 amide bonds. The standard InChI is InChI=1S/C12H24O5/c1-11(16-8-7-14-6-4-13)9-15-10-12-3-2-5-17-12/h11-13H,2-10H2,1H3. The molecule has 1 fully saturated rings. The van der Waals surface area contributed by atoms with Crippen LogP contribution in [-0.2, 0) is 18.9 Å². The second kappa shape index (κ2) is 9.79. The number of ether oxygens (including phenoxy) is 4. The quantitative estimate of drug-likeness (QED) is 0.574. The van der Waals surface area contributed by atoms with Crippen molar-refractivity contribution in [1.82, 2.24) is 0 Å². The molecule has 102 valence electrons. The molecular formula is C12H24O5. The first-order valence-electron chi connectivity index (χ1n) is 6.32. The van der Waals surface area contributed by atoms with Crippen LogP contribution in [0.3, 0.4) is 0 Å². The van der Waals surface area contributed by atoms with Gasteiger partial charge in [0.1, 0.15) is 0 Å². The summed E-state index contributed by atoms with van der Waals surface area (Å²) in [4.78, 5) is 0. The first-order chi connectivity index (χ1) is 8.33. The predicted molar refractivity (Wildman–Crippen MR) is 63.1 cm³/mol. The minimum Gasteiger partial charge on any atom is -0.394 e. The summed E-state index contributed by atoms with van der Waals surface area (Å²) in [7, 11) is 0. The van der Waals surface area contributed by atoms with Gasteiger partial charge in [0, 0.05) is 6.61 Å². The number of aliphatic hydroxyl groups excluding tert-OH is 1. The largest absolute Gasteiger partial charge is 0.394 e. The summed E-state index contributed by atoms with van der Waals surface area (Å²) >= 11 is 0. The van der Waals surface area contributed by atoms with E-state index in [4.69, 9.17) is 24.1 Å². The minimum absolute atomic E-state index is 0.0556. The highest BCUT2D eigenvalue weighted by Gasteiger charge is 2.15. The van der Waals surface area contributed by atoms with Gasteiger partial charge in [-0.2, -0.15) is 0 Å². The summed E-state index contributed by atoms with van der Waals surface area (Å²) in [5.41, 5.74) is 0. The smallest absolute Gasteiger partial charge is 0.0809 e. The van der Waals surface area contributed by atoms with Crippen LogP contribution in [-0.4, -0.2) is 63.6 Å². The second-order valence-corrected chi connectivity index (χ2v) is 4.19. The molecule has 1 aliphatic rings. The van der Waals surface area contributed by atoms with Crippen LogP contribution in [0.1, 0.15) is 19.8 Å². The number of rotatable bonds is 10. The van der Waals surface area contributed by atoms with Crippen LogP contribution in [0.15, 0.2) is 0 Å². The number of aliphatic hydroxyl groups is 1. The normalized spacial score (nSPS) is 21.9. The van der Waals surface area contributed by atoms with Crippen molar-refractivity contribution in [2.24, 2.45) is 0 Å². The molecule has 0 aromatic carbocycles. The fraction of sp³-hybridized carbons (Fsp3) is 1.00. The van der Waals surface area contributed by atoms with Gasteiger partial charge in [0.15, 0.2) is 0 Å². The zero-order chi connectivity index (χ0) is 12.3. The average molecular weight is 248 g/mol. The van der Waals surface area contributed by atoms with Crippen molar-refractivity contribution in [2.75, 3.05) is 46.2 Å². The molecule has 1 rings (SSSR count). The minimum atomic E-state index is 0.0556. The van der Waals surface area contributed by atoms with Crippen molar-refractivity contribution in [3.63, 3.8) is 0 Å². The van der Waals surface area contributed by atoms with Crippen LogP contribution in [0, 0.1) is 0 Å². The summed E-state index contributed by atoms with van der Waals surface area (Å²) in [5, 5.41) is 8.50. The molecule has 1 saturated heterocycles. The van der Waals surface area contributed by atoms with E-state index in [-0.39, 0.29) is 18.8 Å². The summed E-state index contributed by atoms with van der Waals surface area (Å²) < 4.78 is 21.5. The molecule has 0 radical (unpaired) electrons. The Labute approximate surface area is 103 Å². The van der Waals surface area contributed by atoms with Crippen molar-refractivity contribution in [3.8, 4) is 0 Å². The van der Waals surface area contributed by atoms with E-state index in [9.17, 15) is 0 Å². The van der Waals surface area contributed by atoms with Crippen LogP contribution in [0.25, 0.3) is 0 Å². The van der Waals surface area contributed by atoms with E-state index in [1.54, 1.807) is 0 Å². The van der Waals surface area contributed by atoms with Crippen molar-refractivity contribution >= 4 is 0 Å². The molecule has 0 aliphatic carbocycles. The fourth-order valence-corrected chi connectivity index (χ4v) is 1.66. The van der Waals surface area contributed by atoms with Crippen molar-refractivity contribution in [3.05, 3.63) is 0 Å². The SMILES string of the molecule is CC(COCC1CCCO1)OCCOCCO. The third-order valence-electron chi connectivity index (χ3n) is 2.55. The maximum Gasteiger partial charge on any atom is 0.0809 e. The third kappa shape index (κ3) is 7.68. The third-order valence-corrected chi connectivity index (χ3v) is 2.55. The van der Waals surface area contributed by atoms with Gasteiger partial charge >= 0.3 is 0 Å². The Hall–Kier alpha value is -0.200. The second-order valence-electron chi connectivity index (χ2n) is 4.19. The summed E-state index contributed by atoms with van der Waals surface area (Å²) in [5.74, 6) is 0. The maximum atomic E-state index is 8.50. The molecular weight excluding hydrogens is 224 g/mol. The van der Waals surface area contributed by atoms with Gasteiger partial charge in [-0.25, -0.2) is 0 Å². The van der Waals surface area contributed by atoms with E-state index in [0.29, 0.717) is 33.0 Å². The van der Waals surface area contributed by atoms with E-state index in [0.717, 1.165) is 19.4 Å². The van der Waals surface area contributed by atoms with Gasteiger partial charge in [-0.05, 0) is 19.8 Å². The van der Waals surface area contributed by atoms with Crippen molar-refractivity contribution in [1.29, 1.82) is 0 Å². The molecule has 2 unspecified atom stereocenters. The van der Waals surface area contributed by atoms with Gasteiger partial charge in [0.2, 0.25) is 0 Å². The van der Waals surface area contributed by atoms with Gasteiger partial charge in [0.05, 0.1) is 51.8 Å². The van der Waals surface area contributed by atoms with E-state index in [1.807, 2.05) is 6.92 Å². The molecule has 0 bridgehead atoms. The van der Waals surface area contributed by atoms with E-state index in [1.165, 1.54) is 0 Å².